The predicted octanol–water partition coefficient (Wildman–Crippen LogP) is 4.92. The van der Waals surface area contributed by atoms with Crippen molar-refractivity contribution in [3.63, 3.8) is 0 Å². The molecule has 0 aromatic heterocycles. The molecule has 0 saturated carbocycles. The van der Waals surface area contributed by atoms with Crippen LogP contribution < -0.4 is 0 Å². The number of rotatable bonds is 3. The second-order valence-corrected chi connectivity index (χ2v) is 4.52. The molecule has 0 N–H and O–H groups in total. The summed E-state index contributed by atoms with van der Waals surface area (Å²) in [5.41, 5.74) is 2.96. The molecule has 0 bridgehead atoms. The third kappa shape index (κ3) is 1.84. The first-order valence-corrected chi connectivity index (χ1v) is 6.28. The molecular weight excluding hydrogens is 192 g/mol. The van der Waals surface area contributed by atoms with Crippen LogP contribution in [0.25, 0.3) is 10.8 Å². The van der Waals surface area contributed by atoms with Gasteiger partial charge >= 0.3 is 0 Å². The maximum absolute atomic E-state index is 2.31. The van der Waals surface area contributed by atoms with Crippen molar-refractivity contribution in [2.24, 2.45) is 0 Å². The van der Waals surface area contributed by atoms with Crippen LogP contribution >= 0.6 is 0 Å². The highest BCUT2D eigenvalue weighted by atomic mass is 14.1. The number of fused-ring (bicyclic) bond motifs is 1. The Morgan fingerprint density at radius 3 is 2.25 bits per heavy atom. The first-order valence-electron chi connectivity index (χ1n) is 6.28. The van der Waals surface area contributed by atoms with Gasteiger partial charge in [-0.15, -0.1) is 0 Å². The minimum absolute atomic E-state index is 0.649. The van der Waals surface area contributed by atoms with Gasteiger partial charge in [0.2, 0.25) is 0 Å². The Bertz CT molecular complexity index is 482. The summed E-state index contributed by atoms with van der Waals surface area (Å²) in [6, 6.07) is 13.4. The Hall–Kier alpha value is -1.30. The fourth-order valence-electron chi connectivity index (χ4n) is 2.34. The normalized spacial score (nSPS) is 12.9. The van der Waals surface area contributed by atoms with Crippen LogP contribution in [-0.2, 0) is 6.42 Å². The van der Waals surface area contributed by atoms with Gasteiger partial charge in [0.15, 0.2) is 0 Å². The Morgan fingerprint density at radius 2 is 1.62 bits per heavy atom. The zero-order valence-corrected chi connectivity index (χ0v) is 10.5. The van der Waals surface area contributed by atoms with E-state index in [4.69, 9.17) is 0 Å². The van der Waals surface area contributed by atoms with Gasteiger partial charge in [-0.1, -0.05) is 57.2 Å². The summed E-state index contributed by atoms with van der Waals surface area (Å²) in [7, 11) is 0. The Kier molecular flexibility index (Phi) is 3.28. The zero-order chi connectivity index (χ0) is 11.5. The molecule has 0 aliphatic carbocycles. The minimum atomic E-state index is 0.649. The monoisotopic (exact) mass is 212 g/mol. The van der Waals surface area contributed by atoms with Crippen LogP contribution in [0.4, 0.5) is 0 Å². The topological polar surface area (TPSA) is 0 Å². The van der Waals surface area contributed by atoms with E-state index in [2.05, 4.69) is 57.2 Å². The molecule has 0 amide bonds. The molecule has 0 aliphatic heterocycles. The zero-order valence-electron chi connectivity index (χ0n) is 10.5. The summed E-state index contributed by atoms with van der Waals surface area (Å²) in [6.45, 7) is 6.80. The van der Waals surface area contributed by atoms with E-state index in [0.29, 0.717) is 5.92 Å². The van der Waals surface area contributed by atoms with E-state index in [1.807, 2.05) is 0 Å². The van der Waals surface area contributed by atoms with E-state index in [0.717, 1.165) is 6.42 Å². The van der Waals surface area contributed by atoms with Crippen molar-refractivity contribution in [3.8, 4) is 0 Å². The van der Waals surface area contributed by atoms with Gasteiger partial charge in [0, 0.05) is 0 Å². The lowest BCUT2D eigenvalue weighted by Gasteiger charge is -2.14. The molecule has 2 aromatic rings. The van der Waals surface area contributed by atoms with Gasteiger partial charge in [0.25, 0.3) is 0 Å². The minimum Gasteiger partial charge on any atom is -0.0648 e. The quantitative estimate of drug-likeness (QED) is 0.677. The second kappa shape index (κ2) is 4.69. The molecule has 2 aromatic carbocycles. The van der Waals surface area contributed by atoms with Gasteiger partial charge in [0.1, 0.15) is 0 Å². The van der Waals surface area contributed by atoms with E-state index >= 15 is 0 Å². The standard InChI is InChI=1S/C16H20/c1-4-12(3)14-11-10-13(5-2)15-8-6-7-9-16(14)15/h6-12H,4-5H2,1-3H3. The maximum atomic E-state index is 2.31. The molecule has 1 atom stereocenters. The van der Waals surface area contributed by atoms with Crippen LogP contribution in [-0.4, -0.2) is 0 Å². The average Bonchev–Trinajstić information content (AvgIpc) is 2.36. The first-order chi connectivity index (χ1) is 7.77. The summed E-state index contributed by atoms with van der Waals surface area (Å²) in [5, 5.41) is 2.87. The van der Waals surface area contributed by atoms with Gasteiger partial charge in [0.05, 0.1) is 0 Å². The largest absolute Gasteiger partial charge is 0.0648 e. The number of hydrogen-bond acceptors (Lipinski definition) is 0. The summed E-state index contributed by atoms with van der Waals surface area (Å²) in [4.78, 5) is 0. The van der Waals surface area contributed by atoms with Crippen LogP contribution in [0.2, 0.25) is 0 Å². The number of hydrogen-bond donors (Lipinski definition) is 0. The Balaban J connectivity index is 2.69. The van der Waals surface area contributed by atoms with Gasteiger partial charge in [-0.2, -0.15) is 0 Å². The third-order valence-corrected chi connectivity index (χ3v) is 3.57. The van der Waals surface area contributed by atoms with E-state index in [1.165, 1.54) is 28.3 Å². The van der Waals surface area contributed by atoms with Gasteiger partial charge < -0.3 is 0 Å². The molecule has 0 aliphatic rings. The van der Waals surface area contributed by atoms with Crippen molar-refractivity contribution >= 4 is 10.8 Å². The molecule has 1 unspecified atom stereocenters. The van der Waals surface area contributed by atoms with Crippen molar-refractivity contribution in [1.82, 2.24) is 0 Å². The summed E-state index contributed by atoms with van der Waals surface area (Å²) < 4.78 is 0. The SMILES string of the molecule is CCc1ccc(C(C)CC)c2ccccc12. The molecule has 0 fully saturated rings. The van der Waals surface area contributed by atoms with Crippen molar-refractivity contribution in [2.75, 3.05) is 0 Å². The molecule has 2 rings (SSSR count). The molecule has 84 valence electrons. The first kappa shape index (κ1) is 11.2. The molecule has 16 heavy (non-hydrogen) atoms. The lowest BCUT2D eigenvalue weighted by Crippen LogP contribution is -1.95. The van der Waals surface area contributed by atoms with Gasteiger partial charge in [-0.3, -0.25) is 0 Å². The van der Waals surface area contributed by atoms with Gasteiger partial charge in [-0.05, 0) is 40.7 Å². The summed E-state index contributed by atoms with van der Waals surface area (Å²) in [6.07, 6.45) is 2.32. The number of benzene rings is 2. The number of aryl methyl sites for hydroxylation is 1. The molecule has 0 radical (unpaired) electrons. The van der Waals surface area contributed by atoms with E-state index in [1.54, 1.807) is 0 Å². The summed E-state index contributed by atoms with van der Waals surface area (Å²) in [5.74, 6) is 0.649. The van der Waals surface area contributed by atoms with E-state index in [-0.39, 0.29) is 0 Å². The van der Waals surface area contributed by atoms with Crippen LogP contribution in [0.3, 0.4) is 0 Å². The van der Waals surface area contributed by atoms with Gasteiger partial charge in [-0.25, -0.2) is 0 Å². The second-order valence-electron chi connectivity index (χ2n) is 4.52. The van der Waals surface area contributed by atoms with Crippen molar-refractivity contribution < 1.29 is 0 Å². The predicted molar refractivity (Wildman–Crippen MR) is 72.0 cm³/mol. The van der Waals surface area contributed by atoms with E-state index < -0.39 is 0 Å². The smallest absolute Gasteiger partial charge is 0.0146 e. The molecule has 0 heterocycles. The molecule has 0 nitrogen and oxygen atoms in total. The summed E-state index contributed by atoms with van der Waals surface area (Å²) >= 11 is 0. The molecule has 0 saturated heterocycles. The molecule has 0 heteroatoms. The average molecular weight is 212 g/mol. The fraction of sp³-hybridized carbons (Fsp3) is 0.375. The van der Waals surface area contributed by atoms with Crippen LogP contribution in [0.1, 0.15) is 44.2 Å². The molecular formula is C16H20. The Labute approximate surface area is 98.3 Å². The van der Waals surface area contributed by atoms with Crippen LogP contribution in [0.15, 0.2) is 36.4 Å². The van der Waals surface area contributed by atoms with Crippen LogP contribution in [0, 0.1) is 0 Å². The Morgan fingerprint density at radius 1 is 0.938 bits per heavy atom. The maximum Gasteiger partial charge on any atom is -0.0146 e. The molecule has 0 spiro atoms. The lowest BCUT2D eigenvalue weighted by molar-refractivity contribution is 0.739. The van der Waals surface area contributed by atoms with Crippen LogP contribution in [0.5, 0.6) is 0 Å². The van der Waals surface area contributed by atoms with Crippen molar-refractivity contribution in [1.29, 1.82) is 0 Å². The van der Waals surface area contributed by atoms with Crippen molar-refractivity contribution in [2.45, 2.75) is 39.5 Å². The highest BCUT2D eigenvalue weighted by Crippen LogP contribution is 2.29. The van der Waals surface area contributed by atoms with Crippen molar-refractivity contribution in [3.05, 3.63) is 47.5 Å². The fourth-order valence-corrected chi connectivity index (χ4v) is 2.34. The highest BCUT2D eigenvalue weighted by Gasteiger charge is 2.09. The third-order valence-electron chi connectivity index (χ3n) is 3.57. The van der Waals surface area contributed by atoms with E-state index in [9.17, 15) is 0 Å². The highest BCUT2D eigenvalue weighted by molar-refractivity contribution is 5.89. The lowest BCUT2D eigenvalue weighted by atomic mass is 9.90.